The van der Waals surface area contributed by atoms with Gasteiger partial charge in [0, 0.05) is 16.6 Å². The molecule has 1 aromatic rings. The minimum Gasteiger partial charge on any atom is -0.382 e. The van der Waals surface area contributed by atoms with Crippen LogP contribution in [0.1, 0.15) is 40.0 Å². The van der Waals surface area contributed by atoms with Crippen molar-refractivity contribution in [1.29, 1.82) is 0 Å². The van der Waals surface area contributed by atoms with Crippen molar-refractivity contribution >= 4 is 17.4 Å². The van der Waals surface area contributed by atoms with E-state index in [1.54, 1.807) is 11.8 Å². The lowest BCUT2D eigenvalue weighted by Gasteiger charge is -2.21. The van der Waals surface area contributed by atoms with Crippen LogP contribution >= 0.6 is 11.8 Å². The summed E-state index contributed by atoms with van der Waals surface area (Å²) in [7, 11) is 0. The van der Waals surface area contributed by atoms with Crippen LogP contribution in [0.2, 0.25) is 0 Å². The molecule has 0 spiro atoms. The van der Waals surface area contributed by atoms with Crippen LogP contribution in [0.5, 0.6) is 0 Å². The summed E-state index contributed by atoms with van der Waals surface area (Å²) in [6.45, 7) is 6.86. The van der Waals surface area contributed by atoms with Crippen LogP contribution in [0.25, 0.3) is 0 Å². The first-order valence-corrected chi connectivity index (χ1v) is 7.82. The van der Waals surface area contributed by atoms with E-state index in [1.165, 1.54) is 29.8 Å². The molecule has 1 N–H and O–H groups in total. The molecule has 0 aliphatic rings. The van der Waals surface area contributed by atoms with E-state index in [2.05, 4.69) is 56.6 Å². The number of nitrogens with one attached hydrogen (secondary N) is 1. The predicted molar refractivity (Wildman–Crippen MR) is 80.0 cm³/mol. The van der Waals surface area contributed by atoms with Gasteiger partial charge in [0.2, 0.25) is 0 Å². The molecule has 2 atom stereocenters. The molecule has 0 saturated heterocycles. The second-order valence-corrected chi connectivity index (χ2v) is 5.61. The summed E-state index contributed by atoms with van der Waals surface area (Å²) in [5, 5.41) is 3.64. The summed E-state index contributed by atoms with van der Waals surface area (Å²) >= 11 is 1.79. The molecule has 0 bridgehead atoms. The summed E-state index contributed by atoms with van der Waals surface area (Å²) in [6, 6.07) is 9.34. The average Bonchev–Trinajstić information content (AvgIpc) is 2.38. The molecule has 2 heteroatoms. The molecule has 0 radical (unpaired) electrons. The topological polar surface area (TPSA) is 12.0 Å². The summed E-state index contributed by atoms with van der Waals surface area (Å²) in [4.78, 5) is 1.32. The highest BCUT2D eigenvalue weighted by atomic mass is 32.2. The third-order valence-corrected chi connectivity index (χ3v) is 4.08. The lowest BCUT2D eigenvalue weighted by molar-refractivity contribution is 0.462. The normalized spacial score (nSPS) is 14.4. The third kappa shape index (κ3) is 5.03. The smallest absolute Gasteiger partial charge is 0.0343 e. The van der Waals surface area contributed by atoms with Gasteiger partial charge in [-0.15, -0.1) is 11.8 Å². The van der Waals surface area contributed by atoms with Gasteiger partial charge < -0.3 is 5.32 Å². The molecule has 17 heavy (non-hydrogen) atoms. The van der Waals surface area contributed by atoms with Gasteiger partial charge in [-0.05, 0) is 49.3 Å². The van der Waals surface area contributed by atoms with Crippen LogP contribution in [0.4, 0.5) is 5.69 Å². The number of hydrogen-bond donors (Lipinski definition) is 1. The first-order chi connectivity index (χ1) is 8.19. The first-order valence-electron chi connectivity index (χ1n) is 6.60. The zero-order chi connectivity index (χ0) is 12.7. The average molecular weight is 251 g/mol. The van der Waals surface area contributed by atoms with Crippen molar-refractivity contribution in [2.45, 2.75) is 51.0 Å². The molecule has 0 heterocycles. The zero-order valence-electron chi connectivity index (χ0n) is 11.5. The van der Waals surface area contributed by atoms with E-state index in [0.717, 1.165) is 5.92 Å². The maximum Gasteiger partial charge on any atom is 0.0343 e. The van der Waals surface area contributed by atoms with Gasteiger partial charge in [0.25, 0.3) is 0 Å². The van der Waals surface area contributed by atoms with E-state index in [9.17, 15) is 0 Å². The van der Waals surface area contributed by atoms with E-state index >= 15 is 0 Å². The van der Waals surface area contributed by atoms with Crippen molar-refractivity contribution in [2.75, 3.05) is 11.6 Å². The van der Waals surface area contributed by atoms with Gasteiger partial charge in [-0.25, -0.2) is 0 Å². The van der Waals surface area contributed by atoms with E-state index in [-0.39, 0.29) is 0 Å². The Morgan fingerprint density at radius 3 is 2.24 bits per heavy atom. The van der Waals surface area contributed by atoms with Gasteiger partial charge in [-0.1, -0.05) is 27.2 Å². The van der Waals surface area contributed by atoms with Gasteiger partial charge in [0.05, 0.1) is 0 Å². The SMILES string of the molecule is CCC(C)CC(CC)Nc1ccc(SC)cc1. The molecule has 0 saturated carbocycles. The molecular formula is C15H25NS. The Morgan fingerprint density at radius 2 is 1.76 bits per heavy atom. The quantitative estimate of drug-likeness (QED) is 0.682. The zero-order valence-corrected chi connectivity index (χ0v) is 12.3. The van der Waals surface area contributed by atoms with Crippen LogP contribution in [0.3, 0.4) is 0 Å². The summed E-state index contributed by atoms with van der Waals surface area (Å²) in [5.41, 5.74) is 1.25. The minimum atomic E-state index is 0.602. The van der Waals surface area contributed by atoms with Crippen LogP contribution < -0.4 is 5.32 Å². The molecule has 0 amide bonds. The van der Waals surface area contributed by atoms with Crippen molar-refractivity contribution in [3.8, 4) is 0 Å². The van der Waals surface area contributed by atoms with E-state index in [0.29, 0.717) is 6.04 Å². The number of benzene rings is 1. The molecule has 2 unspecified atom stereocenters. The third-order valence-electron chi connectivity index (χ3n) is 3.34. The number of hydrogen-bond acceptors (Lipinski definition) is 2. The molecule has 1 aromatic carbocycles. The largest absolute Gasteiger partial charge is 0.382 e. The van der Waals surface area contributed by atoms with Crippen molar-refractivity contribution in [3.63, 3.8) is 0 Å². The fourth-order valence-corrected chi connectivity index (χ4v) is 2.31. The Kier molecular flexibility index (Phi) is 6.49. The molecule has 96 valence electrons. The molecule has 1 nitrogen and oxygen atoms in total. The van der Waals surface area contributed by atoms with Crippen LogP contribution in [0, 0.1) is 5.92 Å². The van der Waals surface area contributed by atoms with E-state index < -0.39 is 0 Å². The van der Waals surface area contributed by atoms with Gasteiger partial charge in [-0.3, -0.25) is 0 Å². The standard InChI is InChI=1S/C15H25NS/c1-5-12(3)11-13(6-2)16-14-7-9-15(17-4)10-8-14/h7-10,12-13,16H,5-6,11H2,1-4H3. The monoisotopic (exact) mass is 251 g/mol. The summed E-state index contributed by atoms with van der Waals surface area (Å²) < 4.78 is 0. The summed E-state index contributed by atoms with van der Waals surface area (Å²) in [5.74, 6) is 0.804. The van der Waals surface area contributed by atoms with E-state index in [4.69, 9.17) is 0 Å². The second-order valence-electron chi connectivity index (χ2n) is 4.73. The van der Waals surface area contributed by atoms with Crippen LogP contribution in [-0.2, 0) is 0 Å². The fraction of sp³-hybridized carbons (Fsp3) is 0.600. The Bertz CT molecular complexity index is 307. The second kappa shape index (κ2) is 7.65. The van der Waals surface area contributed by atoms with Crippen molar-refractivity contribution in [2.24, 2.45) is 5.92 Å². The van der Waals surface area contributed by atoms with Gasteiger partial charge in [0.15, 0.2) is 0 Å². The Labute approximate surface area is 110 Å². The van der Waals surface area contributed by atoms with Crippen molar-refractivity contribution in [3.05, 3.63) is 24.3 Å². The maximum absolute atomic E-state index is 3.64. The number of thioether (sulfide) groups is 1. The van der Waals surface area contributed by atoms with Gasteiger partial charge in [-0.2, -0.15) is 0 Å². The highest BCUT2D eigenvalue weighted by Gasteiger charge is 2.09. The molecule has 1 rings (SSSR count). The Morgan fingerprint density at radius 1 is 1.12 bits per heavy atom. The molecular weight excluding hydrogens is 226 g/mol. The highest BCUT2D eigenvalue weighted by Crippen LogP contribution is 2.20. The Hall–Kier alpha value is -0.630. The molecule has 0 fully saturated rings. The van der Waals surface area contributed by atoms with Crippen molar-refractivity contribution in [1.82, 2.24) is 0 Å². The lowest BCUT2D eigenvalue weighted by Crippen LogP contribution is -2.21. The minimum absolute atomic E-state index is 0.602. The lowest BCUT2D eigenvalue weighted by atomic mass is 9.97. The number of anilines is 1. The molecule has 0 aromatic heterocycles. The van der Waals surface area contributed by atoms with Gasteiger partial charge in [0.1, 0.15) is 0 Å². The Balaban J connectivity index is 2.54. The molecule has 0 aliphatic carbocycles. The molecule has 0 aliphatic heterocycles. The van der Waals surface area contributed by atoms with Gasteiger partial charge >= 0.3 is 0 Å². The van der Waals surface area contributed by atoms with Crippen LogP contribution in [0.15, 0.2) is 29.2 Å². The first kappa shape index (κ1) is 14.4. The summed E-state index contributed by atoms with van der Waals surface area (Å²) in [6.07, 6.45) is 5.83. The number of rotatable bonds is 7. The van der Waals surface area contributed by atoms with Crippen molar-refractivity contribution < 1.29 is 0 Å². The van der Waals surface area contributed by atoms with Crippen LogP contribution in [-0.4, -0.2) is 12.3 Å². The predicted octanol–water partition coefficient (Wildman–Crippen LogP) is 5.04. The fourth-order valence-electron chi connectivity index (χ4n) is 1.90. The highest BCUT2D eigenvalue weighted by molar-refractivity contribution is 7.98. The maximum atomic E-state index is 3.64. The van der Waals surface area contributed by atoms with E-state index in [1.807, 2.05) is 0 Å².